The normalized spacial score (nSPS) is 14.5. The van der Waals surface area contributed by atoms with Crippen molar-refractivity contribution in [3.63, 3.8) is 0 Å². The summed E-state index contributed by atoms with van der Waals surface area (Å²) in [6.07, 6.45) is 0.918. The molecule has 0 aromatic carbocycles. The van der Waals surface area contributed by atoms with E-state index in [0.29, 0.717) is 5.56 Å². The maximum absolute atomic E-state index is 11.4. The van der Waals surface area contributed by atoms with Crippen molar-refractivity contribution in [3.05, 3.63) is 28.0 Å². The van der Waals surface area contributed by atoms with Gasteiger partial charge in [0.1, 0.15) is 5.15 Å². The second-order valence-electron chi connectivity index (χ2n) is 3.23. The summed E-state index contributed by atoms with van der Waals surface area (Å²) in [5.41, 5.74) is 2.46. The van der Waals surface area contributed by atoms with Crippen LogP contribution in [0.5, 0.6) is 0 Å². The van der Waals surface area contributed by atoms with Crippen molar-refractivity contribution in [1.82, 2.24) is 4.98 Å². The molecule has 3 nitrogen and oxygen atoms in total. The van der Waals surface area contributed by atoms with E-state index in [1.54, 1.807) is 6.07 Å². The highest BCUT2D eigenvalue weighted by atomic mass is 35.5. The van der Waals surface area contributed by atoms with Gasteiger partial charge in [0.2, 0.25) is 0 Å². The second-order valence-corrected chi connectivity index (χ2v) is 4.69. The summed E-state index contributed by atoms with van der Waals surface area (Å²) in [6, 6.07) is 1.79. The fourth-order valence-electron chi connectivity index (χ4n) is 1.51. The molecule has 1 aliphatic rings. The van der Waals surface area contributed by atoms with Gasteiger partial charge in [-0.15, -0.1) is 0 Å². The summed E-state index contributed by atoms with van der Waals surface area (Å²) < 4.78 is 4.64. The van der Waals surface area contributed by atoms with Crippen LogP contribution in [0.25, 0.3) is 0 Å². The number of pyridine rings is 1. The molecular formula is C10H10ClNO2S. The van der Waals surface area contributed by atoms with Crippen LogP contribution < -0.4 is 0 Å². The highest BCUT2D eigenvalue weighted by molar-refractivity contribution is 7.98. The standard InChI is InChI=1S/C10H10ClNO2S/c1-14-10(13)7-4-6-5-15-3-2-8(6)12-9(7)11/h4H,2-3,5H2,1H3. The Hall–Kier alpha value is -0.740. The molecule has 2 rings (SSSR count). The Kier molecular flexibility index (Phi) is 3.17. The second kappa shape index (κ2) is 4.41. The lowest BCUT2D eigenvalue weighted by atomic mass is 10.1. The molecule has 1 aromatic heterocycles. The van der Waals surface area contributed by atoms with Gasteiger partial charge in [-0.05, 0) is 23.8 Å². The zero-order valence-corrected chi connectivity index (χ0v) is 9.82. The molecule has 0 saturated heterocycles. The van der Waals surface area contributed by atoms with Crippen LogP contribution in [0.4, 0.5) is 0 Å². The Morgan fingerprint density at radius 3 is 3.20 bits per heavy atom. The van der Waals surface area contributed by atoms with Gasteiger partial charge in [-0.3, -0.25) is 0 Å². The number of hydrogen-bond donors (Lipinski definition) is 0. The molecule has 0 saturated carbocycles. The number of esters is 1. The van der Waals surface area contributed by atoms with E-state index in [4.69, 9.17) is 11.6 Å². The lowest BCUT2D eigenvalue weighted by Crippen LogP contribution is -2.10. The molecule has 15 heavy (non-hydrogen) atoms. The summed E-state index contributed by atoms with van der Waals surface area (Å²) >= 11 is 7.75. The van der Waals surface area contributed by atoms with Crippen LogP contribution in [0.3, 0.4) is 0 Å². The Bertz CT molecular complexity index is 409. The van der Waals surface area contributed by atoms with Crippen molar-refractivity contribution >= 4 is 29.3 Å². The minimum atomic E-state index is -0.425. The van der Waals surface area contributed by atoms with E-state index in [2.05, 4.69) is 9.72 Å². The molecule has 0 spiro atoms. The van der Waals surface area contributed by atoms with Crippen molar-refractivity contribution in [3.8, 4) is 0 Å². The van der Waals surface area contributed by atoms with E-state index >= 15 is 0 Å². The van der Waals surface area contributed by atoms with Gasteiger partial charge in [0, 0.05) is 11.4 Å². The van der Waals surface area contributed by atoms with Crippen molar-refractivity contribution in [2.75, 3.05) is 12.9 Å². The zero-order valence-electron chi connectivity index (χ0n) is 8.25. The summed E-state index contributed by atoms with van der Waals surface area (Å²) in [6.45, 7) is 0. The number of rotatable bonds is 1. The number of ether oxygens (including phenoxy) is 1. The quantitative estimate of drug-likeness (QED) is 0.561. The van der Waals surface area contributed by atoms with E-state index in [1.165, 1.54) is 7.11 Å². The van der Waals surface area contributed by atoms with Crippen molar-refractivity contribution in [2.45, 2.75) is 12.2 Å². The molecule has 0 aliphatic carbocycles. The summed E-state index contributed by atoms with van der Waals surface area (Å²) in [4.78, 5) is 15.6. The molecule has 0 atom stereocenters. The largest absolute Gasteiger partial charge is 0.465 e. The minimum Gasteiger partial charge on any atom is -0.465 e. The van der Waals surface area contributed by atoms with Crippen LogP contribution >= 0.6 is 23.4 Å². The predicted molar refractivity (Wildman–Crippen MR) is 60.5 cm³/mol. The third-order valence-electron chi connectivity index (χ3n) is 2.29. The fourth-order valence-corrected chi connectivity index (χ4v) is 2.70. The molecule has 1 aromatic rings. The minimum absolute atomic E-state index is 0.243. The van der Waals surface area contributed by atoms with Crippen molar-refractivity contribution in [1.29, 1.82) is 0 Å². The predicted octanol–water partition coefficient (Wildman–Crippen LogP) is 2.31. The van der Waals surface area contributed by atoms with E-state index in [1.807, 2.05) is 11.8 Å². The zero-order chi connectivity index (χ0) is 10.8. The van der Waals surface area contributed by atoms with Crippen LogP contribution in [-0.4, -0.2) is 23.8 Å². The number of fused-ring (bicyclic) bond motifs is 1. The number of hydrogen-bond acceptors (Lipinski definition) is 4. The molecule has 80 valence electrons. The highest BCUT2D eigenvalue weighted by Gasteiger charge is 2.18. The molecule has 1 aliphatic heterocycles. The van der Waals surface area contributed by atoms with E-state index in [0.717, 1.165) is 29.2 Å². The fraction of sp³-hybridized carbons (Fsp3) is 0.400. The van der Waals surface area contributed by atoms with Gasteiger partial charge >= 0.3 is 5.97 Å². The first-order valence-electron chi connectivity index (χ1n) is 4.56. The smallest absolute Gasteiger partial charge is 0.341 e. The Morgan fingerprint density at radius 2 is 2.47 bits per heavy atom. The topological polar surface area (TPSA) is 39.2 Å². The third-order valence-corrected chi connectivity index (χ3v) is 3.59. The van der Waals surface area contributed by atoms with Crippen LogP contribution in [0.1, 0.15) is 21.6 Å². The number of carbonyl (C=O) groups excluding carboxylic acids is 1. The van der Waals surface area contributed by atoms with Gasteiger partial charge < -0.3 is 4.74 Å². The van der Waals surface area contributed by atoms with Crippen LogP contribution in [0, 0.1) is 0 Å². The molecule has 2 heterocycles. The molecule has 5 heteroatoms. The summed E-state index contributed by atoms with van der Waals surface area (Å²) in [5, 5.41) is 0.243. The number of aryl methyl sites for hydroxylation is 1. The van der Waals surface area contributed by atoms with Crippen molar-refractivity contribution in [2.24, 2.45) is 0 Å². The van der Waals surface area contributed by atoms with Crippen LogP contribution in [0.2, 0.25) is 5.15 Å². The van der Waals surface area contributed by atoms with Gasteiger partial charge in [-0.1, -0.05) is 11.6 Å². The molecular weight excluding hydrogens is 234 g/mol. The monoisotopic (exact) mass is 243 g/mol. The lowest BCUT2D eigenvalue weighted by Gasteiger charge is -2.15. The molecule has 0 amide bonds. The first kappa shape index (κ1) is 10.8. The van der Waals surface area contributed by atoms with Gasteiger partial charge in [-0.2, -0.15) is 11.8 Å². The summed E-state index contributed by atoms with van der Waals surface area (Å²) in [5.74, 6) is 1.53. The number of carbonyl (C=O) groups is 1. The van der Waals surface area contributed by atoms with Gasteiger partial charge in [0.25, 0.3) is 0 Å². The van der Waals surface area contributed by atoms with Crippen molar-refractivity contribution < 1.29 is 9.53 Å². The summed E-state index contributed by atoms with van der Waals surface area (Å²) in [7, 11) is 1.34. The molecule has 0 N–H and O–H groups in total. The van der Waals surface area contributed by atoms with E-state index < -0.39 is 5.97 Å². The van der Waals surface area contributed by atoms with E-state index in [-0.39, 0.29) is 5.15 Å². The number of aromatic nitrogens is 1. The van der Waals surface area contributed by atoms with Crippen LogP contribution in [-0.2, 0) is 16.9 Å². The maximum atomic E-state index is 11.4. The third kappa shape index (κ3) is 2.11. The average Bonchev–Trinajstić information content (AvgIpc) is 2.27. The Morgan fingerprint density at radius 1 is 1.67 bits per heavy atom. The SMILES string of the molecule is COC(=O)c1cc2c(nc1Cl)CCSC2. The first-order valence-corrected chi connectivity index (χ1v) is 6.10. The average molecular weight is 244 g/mol. The Labute approximate surface area is 97.2 Å². The van der Waals surface area contributed by atoms with Gasteiger partial charge in [0.15, 0.2) is 0 Å². The number of halogens is 1. The van der Waals surface area contributed by atoms with Gasteiger partial charge in [0.05, 0.1) is 12.7 Å². The molecule has 0 bridgehead atoms. The first-order chi connectivity index (χ1) is 7.22. The molecule has 0 fully saturated rings. The molecule has 0 radical (unpaired) electrons. The van der Waals surface area contributed by atoms with Crippen LogP contribution in [0.15, 0.2) is 6.07 Å². The number of nitrogens with zero attached hydrogens (tertiary/aromatic N) is 1. The van der Waals surface area contributed by atoms with E-state index in [9.17, 15) is 4.79 Å². The maximum Gasteiger partial charge on any atom is 0.341 e. The highest BCUT2D eigenvalue weighted by Crippen LogP contribution is 2.27. The number of thioether (sulfide) groups is 1. The Balaban J connectivity index is 2.44. The lowest BCUT2D eigenvalue weighted by molar-refractivity contribution is 0.0600. The molecule has 0 unspecified atom stereocenters. The van der Waals surface area contributed by atoms with Gasteiger partial charge in [-0.25, -0.2) is 9.78 Å². The number of methoxy groups -OCH3 is 1.